The highest BCUT2D eigenvalue weighted by Crippen LogP contribution is 2.26. The minimum atomic E-state index is -3.65. The van der Waals surface area contributed by atoms with Gasteiger partial charge in [-0.2, -0.15) is 4.31 Å². The molecule has 31 heavy (non-hydrogen) atoms. The number of carbonyl (C=O) groups is 1. The van der Waals surface area contributed by atoms with Crippen molar-refractivity contribution in [2.45, 2.75) is 24.2 Å². The second-order valence-corrected chi connectivity index (χ2v) is 10.4. The van der Waals surface area contributed by atoms with Crippen LogP contribution in [0.3, 0.4) is 0 Å². The molecule has 8 heteroatoms. The number of benzene rings is 2. The first kappa shape index (κ1) is 21.9. The van der Waals surface area contributed by atoms with Gasteiger partial charge in [-0.05, 0) is 61.2 Å². The monoisotopic (exact) mass is 459 g/mol. The van der Waals surface area contributed by atoms with Gasteiger partial charge in [-0.3, -0.25) is 4.79 Å². The Balaban J connectivity index is 1.39. The van der Waals surface area contributed by atoms with Crippen molar-refractivity contribution in [3.05, 3.63) is 65.3 Å². The van der Waals surface area contributed by atoms with E-state index in [9.17, 15) is 13.2 Å². The number of hydrogen-bond donors (Lipinski definition) is 1. The summed E-state index contributed by atoms with van der Waals surface area (Å²) in [5.74, 6) is -0.429. The van der Waals surface area contributed by atoms with Crippen molar-refractivity contribution in [1.29, 1.82) is 0 Å². The Morgan fingerprint density at radius 1 is 1.16 bits per heavy atom. The Hall–Kier alpha value is -2.35. The second kappa shape index (κ2) is 9.02. The molecule has 1 saturated heterocycles. The van der Waals surface area contributed by atoms with E-state index in [1.165, 1.54) is 4.31 Å². The predicted molar refractivity (Wildman–Crippen MR) is 123 cm³/mol. The average Bonchev–Trinajstić information content (AvgIpc) is 3.15. The molecular formula is C23H26ClN3O3S. The van der Waals surface area contributed by atoms with Gasteiger partial charge in [0.05, 0.1) is 10.8 Å². The molecule has 4 rings (SSSR count). The molecule has 0 unspecified atom stereocenters. The molecule has 6 nitrogen and oxygen atoms in total. The first-order chi connectivity index (χ1) is 14.8. The number of fused-ring (bicyclic) bond motifs is 1. The highest BCUT2D eigenvalue weighted by molar-refractivity contribution is 7.89. The van der Waals surface area contributed by atoms with Crippen LogP contribution in [0.15, 0.2) is 59.6 Å². The van der Waals surface area contributed by atoms with Crippen LogP contribution in [0.25, 0.3) is 10.9 Å². The number of aryl methyl sites for hydroxylation is 1. The highest BCUT2D eigenvalue weighted by Gasteiger charge is 2.33. The summed E-state index contributed by atoms with van der Waals surface area (Å²) in [7, 11) is -1.72. The summed E-state index contributed by atoms with van der Waals surface area (Å²) in [4.78, 5) is 12.9. The van der Waals surface area contributed by atoms with E-state index in [-0.39, 0.29) is 23.3 Å². The fourth-order valence-corrected chi connectivity index (χ4v) is 5.76. The number of halogens is 1. The summed E-state index contributed by atoms with van der Waals surface area (Å²) < 4.78 is 29.8. The largest absolute Gasteiger partial charge is 0.355 e. The van der Waals surface area contributed by atoms with Gasteiger partial charge in [-0.25, -0.2) is 8.42 Å². The molecule has 0 spiro atoms. The van der Waals surface area contributed by atoms with Crippen LogP contribution >= 0.6 is 11.6 Å². The summed E-state index contributed by atoms with van der Waals surface area (Å²) >= 11 is 5.90. The van der Waals surface area contributed by atoms with Crippen LogP contribution < -0.4 is 5.32 Å². The van der Waals surface area contributed by atoms with Crippen LogP contribution in [-0.4, -0.2) is 42.8 Å². The van der Waals surface area contributed by atoms with Crippen LogP contribution in [0.1, 0.15) is 18.4 Å². The summed E-state index contributed by atoms with van der Waals surface area (Å²) in [5.41, 5.74) is 2.07. The number of amides is 1. The van der Waals surface area contributed by atoms with Gasteiger partial charge in [0.25, 0.3) is 0 Å². The molecule has 3 aromatic rings. The number of aromatic nitrogens is 1. The Kier molecular flexibility index (Phi) is 6.36. The van der Waals surface area contributed by atoms with Crippen molar-refractivity contribution in [3.63, 3.8) is 0 Å². The van der Waals surface area contributed by atoms with Crippen molar-refractivity contribution in [2.24, 2.45) is 13.0 Å². The molecule has 0 saturated carbocycles. The zero-order chi connectivity index (χ0) is 22.0. The van der Waals surface area contributed by atoms with Gasteiger partial charge in [0.15, 0.2) is 0 Å². The number of nitrogens with one attached hydrogen (secondary N) is 1. The van der Waals surface area contributed by atoms with E-state index in [1.807, 2.05) is 54.2 Å². The average molecular weight is 460 g/mol. The molecule has 1 fully saturated rings. The third kappa shape index (κ3) is 4.79. The van der Waals surface area contributed by atoms with E-state index in [0.717, 1.165) is 16.5 Å². The zero-order valence-corrected chi connectivity index (χ0v) is 19.0. The van der Waals surface area contributed by atoms with Gasteiger partial charge in [-0.15, -0.1) is 0 Å². The van der Waals surface area contributed by atoms with Crippen molar-refractivity contribution >= 4 is 38.4 Å². The number of piperidine rings is 1. The fourth-order valence-electron chi connectivity index (χ4n) is 4.07. The van der Waals surface area contributed by atoms with Gasteiger partial charge in [0.2, 0.25) is 15.9 Å². The van der Waals surface area contributed by atoms with Crippen LogP contribution in [-0.2, 0) is 28.3 Å². The summed E-state index contributed by atoms with van der Waals surface area (Å²) in [6, 6.07) is 14.6. The SMILES string of the molecule is Cn1ccc2cc(S(=O)(=O)N3CCC[C@H](C(=O)NCCc4ccc(Cl)cc4)C3)ccc21. The van der Waals surface area contributed by atoms with E-state index in [2.05, 4.69) is 5.32 Å². The van der Waals surface area contributed by atoms with Gasteiger partial charge in [0.1, 0.15) is 0 Å². The van der Waals surface area contributed by atoms with Crippen molar-refractivity contribution in [3.8, 4) is 0 Å². The molecule has 1 N–H and O–H groups in total. The van der Waals surface area contributed by atoms with Crippen LogP contribution in [0.5, 0.6) is 0 Å². The molecule has 1 aliphatic heterocycles. The van der Waals surface area contributed by atoms with Crippen molar-refractivity contribution in [2.75, 3.05) is 19.6 Å². The third-order valence-corrected chi connectivity index (χ3v) is 7.99. The molecular weight excluding hydrogens is 434 g/mol. The van der Waals surface area contributed by atoms with Gasteiger partial charge >= 0.3 is 0 Å². The molecule has 2 aromatic carbocycles. The van der Waals surface area contributed by atoms with E-state index in [4.69, 9.17) is 11.6 Å². The summed E-state index contributed by atoms with van der Waals surface area (Å²) in [5, 5.41) is 4.53. The van der Waals surface area contributed by atoms with E-state index >= 15 is 0 Å². The van der Waals surface area contributed by atoms with Crippen LogP contribution in [0.4, 0.5) is 0 Å². The standard InChI is InChI=1S/C23H26ClN3O3S/c1-26-14-11-18-15-21(8-9-22(18)26)31(29,30)27-13-2-3-19(16-27)23(28)25-12-10-17-4-6-20(24)7-5-17/h4-9,11,14-15,19H,2-3,10,12-13,16H2,1H3,(H,25,28)/t19-/m0/s1. The highest BCUT2D eigenvalue weighted by atomic mass is 35.5. The lowest BCUT2D eigenvalue weighted by atomic mass is 9.99. The van der Waals surface area contributed by atoms with E-state index in [0.29, 0.717) is 37.4 Å². The van der Waals surface area contributed by atoms with Crippen LogP contribution in [0.2, 0.25) is 5.02 Å². The Labute approximate surface area is 187 Å². The molecule has 1 atom stereocenters. The predicted octanol–water partition coefficient (Wildman–Crippen LogP) is 3.59. The molecule has 1 aliphatic rings. The lowest BCUT2D eigenvalue weighted by Gasteiger charge is -2.31. The first-order valence-electron chi connectivity index (χ1n) is 10.4. The van der Waals surface area contributed by atoms with E-state index in [1.54, 1.807) is 12.1 Å². The van der Waals surface area contributed by atoms with Gasteiger partial charge < -0.3 is 9.88 Å². The third-order valence-electron chi connectivity index (χ3n) is 5.88. The maximum absolute atomic E-state index is 13.2. The number of carbonyl (C=O) groups excluding carboxylic acids is 1. The molecule has 0 aliphatic carbocycles. The smallest absolute Gasteiger partial charge is 0.243 e. The normalized spacial score (nSPS) is 17.7. The summed E-state index contributed by atoms with van der Waals surface area (Å²) in [6.45, 7) is 1.15. The topological polar surface area (TPSA) is 71.4 Å². The molecule has 2 heterocycles. The number of hydrogen-bond acceptors (Lipinski definition) is 3. The van der Waals surface area contributed by atoms with Gasteiger partial charge in [0, 0.05) is 48.8 Å². The number of rotatable bonds is 6. The fraction of sp³-hybridized carbons (Fsp3) is 0.348. The quantitative estimate of drug-likeness (QED) is 0.612. The van der Waals surface area contributed by atoms with Crippen molar-refractivity contribution < 1.29 is 13.2 Å². The Morgan fingerprint density at radius 3 is 2.71 bits per heavy atom. The molecule has 0 radical (unpaired) electrons. The minimum Gasteiger partial charge on any atom is -0.355 e. The number of nitrogens with zero attached hydrogens (tertiary/aromatic N) is 2. The zero-order valence-electron chi connectivity index (χ0n) is 17.4. The Morgan fingerprint density at radius 2 is 1.94 bits per heavy atom. The molecule has 164 valence electrons. The maximum atomic E-state index is 13.2. The maximum Gasteiger partial charge on any atom is 0.243 e. The molecule has 1 amide bonds. The lowest BCUT2D eigenvalue weighted by molar-refractivity contribution is -0.126. The Bertz CT molecular complexity index is 1190. The lowest BCUT2D eigenvalue weighted by Crippen LogP contribution is -2.45. The van der Waals surface area contributed by atoms with Crippen molar-refractivity contribution in [1.82, 2.24) is 14.2 Å². The van der Waals surface area contributed by atoms with E-state index < -0.39 is 10.0 Å². The van der Waals surface area contributed by atoms with Gasteiger partial charge in [-0.1, -0.05) is 23.7 Å². The number of sulfonamides is 1. The minimum absolute atomic E-state index is 0.0904. The summed E-state index contributed by atoms with van der Waals surface area (Å²) in [6.07, 6.45) is 3.97. The first-order valence-corrected chi connectivity index (χ1v) is 12.2. The second-order valence-electron chi connectivity index (χ2n) is 8.02. The molecule has 1 aromatic heterocycles. The van der Waals surface area contributed by atoms with Crippen LogP contribution in [0, 0.1) is 5.92 Å². The molecule has 0 bridgehead atoms.